The minimum absolute atomic E-state index is 0.109. The maximum atomic E-state index is 12.8. The molecule has 0 aliphatic carbocycles. The van der Waals surface area contributed by atoms with E-state index in [0.717, 1.165) is 0 Å². The molecule has 0 radical (unpaired) electrons. The lowest BCUT2D eigenvalue weighted by atomic mass is 10.1. The van der Waals surface area contributed by atoms with Crippen molar-refractivity contribution in [2.45, 2.75) is 13.0 Å². The molecule has 0 aliphatic heterocycles. The Morgan fingerprint density at radius 2 is 1.91 bits per heavy atom. The summed E-state index contributed by atoms with van der Waals surface area (Å²) in [5, 5.41) is 0. The molecule has 0 fully saturated rings. The number of nitrogens with zero attached hydrogens (tertiary/aromatic N) is 1. The Kier molecular flexibility index (Phi) is 5.80. The third kappa shape index (κ3) is 4.35. The number of carbonyl (C=O) groups excluding carboxylic acids is 2. The van der Waals surface area contributed by atoms with E-state index in [4.69, 9.17) is 9.15 Å². The molecule has 6 heteroatoms. The van der Waals surface area contributed by atoms with Crippen LogP contribution in [0.4, 0.5) is 0 Å². The third-order valence-corrected chi connectivity index (χ3v) is 3.36. The summed E-state index contributed by atoms with van der Waals surface area (Å²) in [4.78, 5) is 25.7. The highest BCUT2D eigenvalue weighted by molar-refractivity contribution is 5.97. The first-order valence-corrected chi connectivity index (χ1v) is 7.17. The maximum absolute atomic E-state index is 12.8. The molecule has 1 heterocycles. The molecule has 2 aromatic rings. The van der Waals surface area contributed by atoms with Gasteiger partial charge in [0.2, 0.25) is 0 Å². The first kappa shape index (κ1) is 16.6. The SMILES string of the molecule is COC(=O)CCN(Cc1ccco1)C(=O)c1ccccc1OC. The molecule has 0 saturated heterocycles. The van der Waals surface area contributed by atoms with Gasteiger partial charge in [0.15, 0.2) is 0 Å². The van der Waals surface area contributed by atoms with Crippen LogP contribution >= 0.6 is 0 Å². The van der Waals surface area contributed by atoms with Gasteiger partial charge in [0, 0.05) is 6.54 Å². The summed E-state index contributed by atoms with van der Waals surface area (Å²) in [6, 6.07) is 10.5. The predicted molar refractivity (Wildman–Crippen MR) is 83.1 cm³/mol. The highest BCUT2D eigenvalue weighted by Crippen LogP contribution is 2.20. The highest BCUT2D eigenvalue weighted by Gasteiger charge is 2.21. The number of carbonyl (C=O) groups is 2. The fraction of sp³-hybridized carbons (Fsp3) is 0.294. The van der Waals surface area contributed by atoms with Crippen molar-refractivity contribution in [3.05, 3.63) is 54.0 Å². The van der Waals surface area contributed by atoms with Crippen molar-refractivity contribution in [1.29, 1.82) is 0 Å². The van der Waals surface area contributed by atoms with Crippen molar-refractivity contribution in [1.82, 2.24) is 4.90 Å². The lowest BCUT2D eigenvalue weighted by molar-refractivity contribution is -0.140. The van der Waals surface area contributed by atoms with Crippen LogP contribution in [0, 0.1) is 0 Å². The summed E-state index contributed by atoms with van der Waals surface area (Å²) >= 11 is 0. The molecular formula is C17H19NO5. The van der Waals surface area contributed by atoms with Crippen molar-refractivity contribution in [2.24, 2.45) is 0 Å². The Hall–Kier alpha value is -2.76. The topological polar surface area (TPSA) is 69.0 Å². The van der Waals surface area contributed by atoms with Gasteiger partial charge in [0.25, 0.3) is 5.91 Å². The predicted octanol–water partition coefficient (Wildman–Crippen LogP) is 2.49. The molecule has 0 atom stereocenters. The van der Waals surface area contributed by atoms with Gasteiger partial charge in [-0.1, -0.05) is 12.1 Å². The van der Waals surface area contributed by atoms with E-state index in [1.807, 2.05) is 0 Å². The quantitative estimate of drug-likeness (QED) is 0.734. The Morgan fingerprint density at radius 3 is 2.57 bits per heavy atom. The smallest absolute Gasteiger partial charge is 0.307 e. The summed E-state index contributed by atoms with van der Waals surface area (Å²) in [5.74, 6) is 0.517. The van der Waals surface area contributed by atoms with E-state index < -0.39 is 0 Å². The normalized spacial score (nSPS) is 10.2. The van der Waals surface area contributed by atoms with Gasteiger partial charge in [-0.25, -0.2) is 0 Å². The van der Waals surface area contributed by atoms with Crippen molar-refractivity contribution < 1.29 is 23.5 Å². The van der Waals surface area contributed by atoms with Gasteiger partial charge in [0.1, 0.15) is 11.5 Å². The van der Waals surface area contributed by atoms with Crippen LogP contribution in [0.15, 0.2) is 47.1 Å². The zero-order chi connectivity index (χ0) is 16.7. The van der Waals surface area contributed by atoms with E-state index in [2.05, 4.69) is 4.74 Å². The van der Waals surface area contributed by atoms with Crippen LogP contribution in [-0.2, 0) is 16.1 Å². The molecule has 23 heavy (non-hydrogen) atoms. The summed E-state index contributed by atoms with van der Waals surface area (Å²) in [6.07, 6.45) is 1.65. The molecule has 0 aliphatic rings. The van der Waals surface area contributed by atoms with E-state index >= 15 is 0 Å². The highest BCUT2D eigenvalue weighted by atomic mass is 16.5. The lowest BCUT2D eigenvalue weighted by Crippen LogP contribution is -2.33. The molecular weight excluding hydrogens is 298 g/mol. The molecule has 0 spiro atoms. The maximum Gasteiger partial charge on any atom is 0.307 e. The fourth-order valence-corrected chi connectivity index (χ4v) is 2.16. The zero-order valence-corrected chi connectivity index (χ0v) is 13.2. The summed E-state index contributed by atoms with van der Waals surface area (Å²) in [7, 11) is 2.83. The summed E-state index contributed by atoms with van der Waals surface area (Å²) in [6.45, 7) is 0.491. The second-order valence-corrected chi connectivity index (χ2v) is 4.83. The molecule has 2 rings (SSSR count). The third-order valence-electron chi connectivity index (χ3n) is 3.36. The molecule has 0 N–H and O–H groups in total. The molecule has 1 aromatic heterocycles. The number of rotatable bonds is 7. The molecule has 0 saturated carbocycles. The second-order valence-electron chi connectivity index (χ2n) is 4.83. The average molecular weight is 317 g/mol. The number of hydrogen-bond donors (Lipinski definition) is 0. The van der Waals surface area contributed by atoms with Gasteiger partial charge in [-0.05, 0) is 24.3 Å². The zero-order valence-electron chi connectivity index (χ0n) is 13.2. The molecule has 6 nitrogen and oxygen atoms in total. The molecule has 122 valence electrons. The first-order chi connectivity index (χ1) is 11.2. The van der Waals surface area contributed by atoms with Crippen LogP contribution in [0.3, 0.4) is 0 Å². The van der Waals surface area contributed by atoms with E-state index in [1.54, 1.807) is 42.7 Å². The number of ether oxygens (including phenoxy) is 2. The standard InChI is InChI=1S/C17H19NO5/c1-21-15-8-4-3-7-14(15)17(20)18(10-9-16(19)22-2)12-13-6-5-11-23-13/h3-8,11H,9-10,12H2,1-2H3. The lowest BCUT2D eigenvalue weighted by Gasteiger charge is -2.22. The van der Waals surface area contributed by atoms with Gasteiger partial charge in [-0.3, -0.25) is 9.59 Å². The van der Waals surface area contributed by atoms with Gasteiger partial charge in [-0.15, -0.1) is 0 Å². The Morgan fingerprint density at radius 1 is 1.13 bits per heavy atom. The van der Waals surface area contributed by atoms with Crippen molar-refractivity contribution in [2.75, 3.05) is 20.8 Å². The fourth-order valence-electron chi connectivity index (χ4n) is 2.16. The van der Waals surface area contributed by atoms with Crippen LogP contribution in [0.1, 0.15) is 22.5 Å². The number of hydrogen-bond acceptors (Lipinski definition) is 5. The minimum atomic E-state index is -0.373. The van der Waals surface area contributed by atoms with Crippen LogP contribution in [0.5, 0.6) is 5.75 Å². The number of esters is 1. The number of furan rings is 1. The molecule has 0 unspecified atom stereocenters. The number of para-hydroxylation sites is 1. The summed E-state index contributed by atoms with van der Waals surface area (Å²) in [5.41, 5.74) is 0.437. The van der Waals surface area contributed by atoms with Gasteiger partial charge >= 0.3 is 5.97 Å². The van der Waals surface area contributed by atoms with Crippen molar-refractivity contribution in [3.63, 3.8) is 0 Å². The second kappa shape index (κ2) is 8.03. The van der Waals surface area contributed by atoms with Crippen molar-refractivity contribution >= 4 is 11.9 Å². The van der Waals surface area contributed by atoms with E-state index in [1.165, 1.54) is 19.1 Å². The number of methoxy groups -OCH3 is 2. The average Bonchev–Trinajstić information content (AvgIpc) is 3.10. The number of amides is 1. The Balaban J connectivity index is 2.20. The van der Waals surface area contributed by atoms with Crippen LogP contribution in [0.2, 0.25) is 0 Å². The van der Waals surface area contributed by atoms with E-state index in [9.17, 15) is 9.59 Å². The largest absolute Gasteiger partial charge is 0.496 e. The Labute approximate surface area is 134 Å². The molecule has 1 aromatic carbocycles. The van der Waals surface area contributed by atoms with Crippen LogP contribution in [0.25, 0.3) is 0 Å². The van der Waals surface area contributed by atoms with E-state index in [0.29, 0.717) is 17.1 Å². The first-order valence-electron chi connectivity index (χ1n) is 7.17. The van der Waals surface area contributed by atoms with Gasteiger partial charge < -0.3 is 18.8 Å². The summed E-state index contributed by atoms with van der Waals surface area (Å²) < 4.78 is 15.2. The molecule has 0 bridgehead atoms. The van der Waals surface area contributed by atoms with Crippen LogP contribution in [-0.4, -0.2) is 37.5 Å². The van der Waals surface area contributed by atoms with Gasteiger partial charge in [0.05, 0.1) is 39.0 Å². The molecule has 1 amide bonds. The monoisotopic (exact) mass is 317 g/mol. The van der Waals surface area contributed by atoms with Crippen molar-refractivity contribution in [3.8, 4) is 5.75 Å². The van der Waals surface area contributed by atoms with E-state index in [-0.39, 0.29) is 31.4 Å². The minimum Gasteiger partial charge on any atom is -0.496 e. The Bertz CT molecular complexity index is 651. The number of benzene rings is 1. The van der Waals surface area contributed by atoms with Crippen LogP contribution < -0.4 is 4.74 Å². The van der Waals surface area contributed by atoms with Gasteiger partial charge in [-0.2, -0.15) is 0 Å².